The number of nitrogens with one attached hydrogen (secondary N) is 2. The van der Waals surface area contributed by atoms with Crippen LogP contribution in [-0.2, 0) is 4.74 Å². The fourth-order valence-electron chi connectivity index (χ4n) is 2.25. The molecule has 1 aromatic carbocycles. The normalized spacial score (nSPS) is 18.8. The molecule has 0 fully saturated rings. The number of hydrogen-bond acceptors (Lipinski definition) is 3. The summed E-state index contributed by atoms with van der Waals surface area (Å²) in [6.45, 7) is 6.54. The first-order valence-electron chi connectivity index (χ1n) is 6.78. The minimum atomic E-state index is -0.466. The van der Waals surface area contributed by atoms with Gasteiger partial charge in [-0.1, -0.05) is 18.2 Å². The Balaban J connectivity index is 2.10. The van der Waals surface area contributed by atoms with Crippen LogP contribution in [0, 0.1) is 0 Å². The van der Waals surface area contributed by atoms with Crippen LogP contribution in [0.1, 0.15) is 45.2 Å². The third kappa shape index (κ3) is 3.88. The number of anilines is 1. The maximum atomic E-state index is 11.9. The van der Waals surface area contributed by atoms with Crippen molar-refractivity contribution in [2.24, 2.45) is 0 Å². The average Bonchev–Trinajstić information content (AvgIpc) is 2.50. The second kappa shape index (κ2) is 5.51. The van der Waals surface area contributed by atoms with E-state index >= 15 is 0 Å². The van der Waals surface area contributed by atoms with Crippen LogP contribution in [0.15, 0.2) is 24.3 Å². The highest BCUT2D eigenvalue weighted by molar-refractivity contribution is 5.69. The Morgan fingerprint density at radius 1 is 1.37 bits per heavy atom. The summed E-state index contributed by atoms with van der Waals surface area (Å²) in [6, 6.07) is 8.11. The molecule has 1 atom stereocenters. The molecular formula is C15H22N2O2. The second-order valence-electron chi connectivity index (χ2n) is 5.86. The van der Waals surface area contributed by atoms with E-state index in [4.69, 9.17) is 4.74 Å². The fourth-order valence-corrected chi connectivity index (χ4v) is 2.25. The van der Waals surface area contributed by atoms with E-state index in [0.29, 0.717) is 0 Å². The van der Waals surface area contributed by atoms with E-state index < -0.39 is 5.60 Å². The van der Waals surface area contributed by atoms with E-state index in [0.717, 1.165) is 30.6 Å². The molecule has 0 radical (unpaired) electrons. The van der Waals surface area contributed by atoms with Crippen molar-refractivity contribution in [1.29, 1.82) is 0 Å². The van der Waals surface area contributed by atoms with Crippen molar-refractivity contribution >= 4 is 11.8 Å². The van der Waals surface area contributed by atoms with Crippen molar-refractivity contribution in [3.05, 3.63) is 29.8 Å². The van der Waals surface area contributed by atoms with Crippen LogP contribution in [0.5, 0.6) is 0 Å². The van der Waals surface area contributed by atoms with Crippen molar-refractivity contribution in [1.82, 2.24) is 5.32 Å². The summed E-state index contributed by atoms with van der Waals surface area (Å²) in [7, 11) is 0. The van der Waals surface area contributed by atoms with Gasteiger partial charge in [-0.3, -0.25) is 0 Å². The van der Waals surface area contributed by atoms with Gasteiger partial charge in [0.2, 0.25) is 0 Å². The van der Waals surface area contributed by atoms with Gasteiger partial charge in [-0.25, -0.2) is 4.79 Å². The zero-order chi connectivity index (χ0) is 13.9. The van der Waals surface area contributed by atoms with Crippen molar-refractivity contribution in [2.75, 3.05) is 11.9 Å². The number of benzene rings is 1. The SMILES string of the molecule is CC(C)(C)OC(=O)N[C@H]1CCCNc2ccccc21. The molecule has 1 amide bonds. The number of alkyl carbamates (subject to hydrolysis) is 1. The smallest absolute Gasteiger partial charge is 0.408 e. The third-order valence-electron chi connectivity index (χ3n) is 3.01. The highest BCUT2D eigenvalue weighted by Crippen LogP contribution is 2.29. The molecular weight excluding hydrogens is 240 g/mol. The minimum absolute atomic E-state index is 0.0149. The Morgan fingerprint density at radius 2 is 2.11 bits per heavy atom. The lowest BCUT2D eigenvalue weighted by atomic mass is 10.0. The Labute approximate surface area is 114 Å². The molecule has 4 nitrogen and oxygen atoms in total. The summed E-state index contributed by atoms with van der Waals surface area (Å²) in [5, 5.41) is 6.35. The van der Waals surface area contributed by atoms with Gasteiger partial charge in [0.1, 0.15) is 5.60 Å². The summed E-state index contributed by atoms with van der Waals surface area (Å²) in [6.07, 6.45) is 1.59. The molecule has 0 saturated heterocycles. The van der Waals surface area contributed by atoms with Crippen LogP contribution in [0.4, 0.5) is 10.5 Å². The summed E-state index contributed by atoms with van der Waals surface area (Å²) in [5.74, 6) is 0. The van der Waals surface area contributed by atoms with Gasteiger partial charge in [0.25, 0.3) is 0 Å². The molecule has 1 aliphatic heterocycles. The van der Waals surface area contributed by atoms with E-state index in [2.05, 4.69) is 16.7 Å². The van der Waals surface area contributed by atoms with Gasteiger partial charge >= 0.3 is 6.09 Å². The van der Waals surface area contributed by atoms with E-state index in [1.807, 2.05) is 39.0 Å². The van der Waals surface area contributed by atoms with E-state index in [9.17, 15) is 4.79 Å². The van der Waals surface area contributed by atoms with Crippen LogP contribution in [0.25, 0.3) is 0 Å². The summed E-state index contributed by atoms with van der Waals surface area (Å²) in [4.78, 5) is 11.9. The van der Waals surface area contributed by atoms with Gasteiger partial charge in [-0.15, -0.1) is 0 Å². The first-order chi connectivity index (χ1) is 8.96. The van der Waals surface area contributed by atoms with Crippen LogP contribution in [0.3, 0.4) is 0 Å². The van der Waals surface area contributed by atoms with Crippen LogP contribution >= 0.6 is 0 Å². The molecule has 0 spiro atoms. The van der Waals surface area contributed by atoms with Crippen LogP contribution in [0.2, 0.25) is 0 Å². The number of ether oxygens (including phenoxy) is 1. The molecule has 0 bridgehead atoms. The largest absolute Gasteiger partial charge is 0.444 e. The zero-order valence-electron chi connectivity index (χ0n) is 11.8. The topological polar surface area (TPSA) is 50.4 Å². The molecule has 0 aliphatic carbocycles. The Kier molecular flexibility index (Phi) is 3.98. The number of carbonyl (C=O) groups is 1. The highest BCUT2D eigenvalue weighted by atomic mass is 16.6. The van der Waals surface area contributed by atoms with Crippen molar-refractivity contribution in [3.8, 4) is 0 Å². The monoisotopic (exact) mass is 262 g/mol. The molecule has 1 aliphatic rings. The number of carbonyl (C=O) groups excluding carboxylic acids is 1. The van der Waals surface area contributed by atoms with Crippen LogP contribution < -0.4 is 10.6 Å². The molecule has 104 valence electrons. The number of fused-ring (bicyclic) bond motifs is 1. The molecule has 0 aromatic heterocycles. The van der Waals surface area contributed by atoms with Gasteiger partial charge in [0, 0.05) is 12.2 Å². The van der Waals surface area contributed by atoms with Crippen molar-refractivity contribution < 1.29 is 9.53 Å². The van der Waals surface area contributed by atoms with Gasteiger partial charge in [-0.2, -0.15) is 0 Å². The molecule has 19 heavy (non-hydrogen) atoms. The first-order valence-corrected chi connectivity index (χ1v) is 6.78. The number of hydrogen-bond donors (Lipinski definition) is 2. The third-order valence-corrected chi connectivity index (χ3v) is 3.01. The predicted octanol–water partition coefficient (Wildman–Crippen LogP) is 3.46. The van der Waals surface area contributed by atoms with Crippen molar-refractivity contribution in [2.45, 2.75) is 45.3 Å². The highest BCUT2D eigenvalue weighted by Gasteiger charge is 2.23. The first kappa shape index (κ1) is 13.7. The maximum absolute atomic E-state index is 11.9. The number of rotatable bonds is 1. The molecule has 2 N–H and O–H groups in total. The lowest BCUT2D eigenvalue weighted by Crippen LogP contribution is -2.34. The Bertz CT molecular complexity index is 452. The van der Waals surface area contributed by atoms with E-state index in [-0.39, 0.29) is 12.1 Å². The van der Waals surface area contributed by atoms with Crippen molar-refractivity contribution in [3.63, 3.8) is 0 Å². The Morgan fingerprint density at radius 3 is 2.84 bits per heavy atom. The lowest BCUT2D eigenvalue weighted by molar-refractivity contribution is 0.0501. The van der Waals surface area contributed by atoms with Gasteiger partial charge in [0.05, 0.1) is 6.04 Å². The quantitative estimate of drug-likeness (QED) is 0.815. The van der Waals surface area contributed by atoms with Gasteiger partial charge < -0.3 is 15.4 Å². The minimum Gasteiger partial charge on any atom is -0.444 e. The standard InChI is InChI=1S/C15H22N2O2/c1-15(2,3)19-14(18)17-13-9-6-10-16-12-8-5-4-7-11(12)13/h4-5,7-8,13,16H,6,9-10H2,1-3H3,(H,17,18)/t13-/m0/s1. The van der Waals surface area contributed by atoms with Crippen LogP contribution in [-0.4, -0.2) is 18.2 Å². The lowest BCUT2D eigenvalue weighted by Gasteiger charge is -2.23. The van der Waals surface area contributed by atoms with E-state index in [1.54, 1.807) is 0 Å². The number of amides is 1. The average molecular weight is 262 g/mol. The van der Waals surface area contributed by atoms with E-state index in [1.165, 1.54) is 0 Å². The van der Waals surface area contributed by atoms with Gasteiger partial charge in [0.15, 0.2) is 0 Å². The molecule has 1 heterocycles. The summed E-state index contributed by atoms with van der Waals surface area (Å²) >= 11 is 0. The van der Waals surface area contributed by atoms with Gasteiger partial charge in [-0.05, 0) is 45.2 Å². The molecule has 2 rings (SSSR count). The predicted molar refractivity (Wildman–Crippen MR) is 76.3 cm³/mol. The molecule has 1 aromatic rings. The summed E-state index contributed by atoms with van der Waals surface area (Å²) < 4.78 is 5.33. The fraction of sp³-hybridized carbons (Fsp3) is 0.533. The molecule has 0 unspecified atom stereocenters. The maximum Gasteiger partial charge on any atom is 0.408 e. The zero-order valence-corrected chi connectivity index (χ0v) is 11.8. The molecule has 4 heteroatoms. The summed E-state index contributed by atoms with van der Waals surface area (Å²) in [5.41, 5.74) is 1.76. The molecule has 0 saturated carbocycles. The number of para-hydroxylation sites is 1. The Hall–Kier alpha value is -1.71. The second-order valence-corrected chi connectivity index (χ2v) is 5.86.